The molecule has 0 N–H and O–H groups in total. The number of thiophene rings is 2. The standard InChI is InChI=1S/C21H26N4O2S3/c1-4-23-8-10-24(11-9-23)19(26)14(3)30-21-22-18-17(20(27)25(21)5-2)15(13-29-18)16-7-6-12-28-16/h6-7,12-14H,4-5,8-11H2,1-3H3/t14-/m0/s1. The second-order valence-corrected chi connectivity index (χ2v) is 10.4. The maximum absolute atomic E-state index is 13.3. The molecule has 0 aliphatic carbocycles. The highest BCUT2D eigenvalue weighted by Crippen LogP contribution is 2.35. The van der Waals surface area contributed by atoms with Crippen LogP contribution in [0.1, 0.15) is 20.8 Å². The number of amides is 1. The lowest BCUT2D eigenvalue weighted by Crippen LogP contribution is -2.50. The van der Waals surface area contributed by atoms with Crippen molar-refractivity contribution in [2.45, 2.75) is 37.7 Å². The zero-order chi connectivity index (χ0) is 21.3. The SMILES string of the molecule is CCN1CCN(C(=O)[C@H](C)Sc2nc3scc(-c4cccs4)c3c(=O)n2CC)CC1. The van der Waals surface area contributed by atoms with Crippen molar-refractivity contribution in [2.24, 2.45) is 0 Å². The molecule has 3 aromatic heterocycles. The van der Waals surface area contributed by atoms with Gasteiger partial charge in [0.2, 0.25) is 5.91 Å². The van der Waals surface area contributed by atoms with Gasteiger partial charge in [-0.05, 0) is 31.8 Å². The van der Waals surface area contributed by atoms with Gasteiger partial charge in [0.25, 0.3) is 5.56 Å². The predicted octanol–water partition coefficient (Wildman–Crippen LogP) is 3.85. The molecule has 6 nitrogen and oxygen atoms in total. The molecule has 4 rings (SSSR count). The number of hydrogen-bond acceptors (Lipinski definition) is 7. The fourth-order valence-electron chi connectivity index (χ4n) is 3.74. The molecule has 1 fully saturated rings. The predicted molar refractivity (Wildman–Crippen MR) is 127 cm³/mol. The van der Waals surface area contributed by atoms with Crippen molar-refractivity contribution in [3.8, 4) is 10.4 Å². The molecule has 4 heterocycles. The summed E-state index contributed by atoms with van der Waals surface area (Å²) in [6, 6.07) is 4.02. The van der Waals surface area contributed by atoms with E-state index in [-0.39, 0.29) is 16.7 Å². The van der Waals surface area contributed by atoms with Gasteiger partial charge < -0.3 is 9.80 Å². The van der Waals surface area contributed by atoms with E-state index in [2.05, 4.69) is 11.8 Å². The molecule has 0 unspecified atom stereocenters. The Labute approximate surface area is 188 Å². The first-order chi connectivity index (χ1) is 14.5. The zero-order valence-corrected chi connectivity index (χ0v) is 19.9. The number of aromatic nitrogens is 2. The van der Waals surface area contributed by atoms with Gasteiger partial charge in [0.15, 0.2) is 5.16 Å². The van der Waals surface area contributed by atoms with Gasteiger partial charge in [-0.3, -0.25) is 14.2 Å². The third-order valence-electron chi connectivity index (χ3n) is 5.52. The lowest BCUT2D eigenvalue weighted by molar-refractivity contribution is -0.132. The van der Waals surface area contributed by atoms with Crippen LogP contribution in [0.2, 0.25) is 0 Å². The lowest BCUT2D eigenvalue weighted by Gasteiger charge is -2.35. The number of carbonyl (C=O) groups is 1. The van der Waals surface area contributed by atoms with Crippen LogP contribution in [0.5, 0.6) is 0 Å². The lowest BCUT2D eigenvalue weighted by atomic mass is 10.2. The molecule has 160 valence electrons. The van der Waals surface area contributed by atoms with Crippen LogP contribution in [0.4, 0.5) is 0 Å². The van der Waals surface area contributed by atoms with Crippen LogP contribution in [0.15, 0.2) is 32.8 Å². The van der Waals surface area contributed by atoms with Crippen molar-refractivity contribution in [1.82, 2.24) is 19.4 Å². The Morgan fingerprint density at radius 3 is 2.60 bits per heavy atom. The smallest absolute Gasteiger partial charge is 0.263 e. The number of piperazine rings is 1. The van der Waals surface area contributed by atoms with Gasteiger partial charge in [-0.15, -0.1) is 22.7 Å². The van der Waals surface area contributed by atoms with E-state index in [4.69, 9.17) is 4.98 Å². The first-order valence-electron chi connectivity index (χ1n) is 10.3. The number of carbonyl (C=O) groups excluding carboxylic acids is 1. The Balaban J connectivity index is 1.60. The minimum atomic E-state index is -0.281. The summed E-state index contributed by atoms with van der Waals surface area (Å²) >= 11 is 4.51. The largest absolute Gasteiger partial charge is 0.339 e. The summed E-state index contributed by atoms with van der Waals surface area (Å²) in [5, 5.41) is 5.06. The molecular formula is C21H26N4O2S3. The molecule has 1 aliphatic rings. The summed E-state index contributed by atoms with van der Waals surface area (Å²) in [7, 11) is 0. The molecule has 1 amide bonds. The molecule has 1 atom stereocenters. The second-order valence-electron chi connectivity index (χ2n) is 7.27. The van der Waals surface area contributed by atoms with Gasteiger partial charge in [0, 0.05) is 48.5 Å². The van der Waals surface area contributed by atoms with Crippen LogP contribution in [0.3, 0.4) is 0 Å². The van der Waals surface area contributed by atoms with Gasteiger partial charge >= 0.3 is 0 Å². The summed E-state index contributed by atoms with van der Waals surface area (Å²) in [6.07, 6.45) is 0. The van der Waals surface area contributed by atoms with Crippen molar-refractivity contribution in [3.63, 3.8) is 0 Å². The summed E-state index contributed by atoms with van der Waals surface area (Å²) in [6.45, 7) is 10.9. The Morgan fingerprint density at radius 1 is 1.20 bits per heavy atom. The maximum Gasteiger partial charge on any atom is 0.263 e. The summed E-state index contributed by atoms with van der Waals surface area (Å²) < 4.78 is 1.70. The average Bonchev–Trinajstić information content (AvgIpc) is 3.43. The van der Waals surface area contributed by atoms with Crippen LogP contribution in [0.25, 0.3) is 20.7 Å². The fourth-order valence-corrected chi connectivity index (χ4v) is 6.60. The van der Waals surface area contributed by atoms with Crippen molar-refractivity contribution >= 4 is 50.6 Å². The van der Waals surface area contributed by atoms with Crippen LogP contribution >= 0.6 is 34.4 Å². The molecule has 0 aromatic carbocycles. The summed E-state index contributed by atoms with van der Waals surface area (Å²) in [5.74, 6) is 0.123. The third-order valence-corrected chi connectivity index (χ3v) is 8.38. The monoisotopic (exact) mass is 462 g/mol. The van der Waals surface area contributed by atoms with E-state index in [1.807, 2.05) is 41.6 Å². The average molecular weight is 463 g/mol. The Bertz CT molecular complexity index is 1080. The van der Waals surface area contributed by atoms with Gasteiger partial charge in [-0.25, -0.2) is 4.98 Å². The van der Waals surface area contributed by atoms with Gasteiger partial charge in [0.1, 0.15) is 4.83 Å². The zero-order valence-electron chi connectivity index (χ0n) is 17.5. The Morgan fingerprint density at radius 2 is 1.97 bits per heavy atom. The number of fused-ring (bicyclic) bond motifs is 1. The number of likely N-dealkylation sites (N-methyl/N-ethyl adjacent to an activating group) is 1. The van der Waals surface area contributed by atoms with Crippen molar-refractivity contribution < 1.29 is 4.79 Å². The fraction of sp³-hybridized carbons (Fsp3) is 0.476. The molecular weight excluding hydrogens is 436 g/mol. The number of nitrogens with zero attached hydrogens (tertiary/aromatic N) is 4. The first-order valence-corrected chi connectivity index (χ1v) is 12.9. The van der Waals surface area contributed by atoms with Crippen molar-refractivity contribution in [1.29, 1.82) is 0 Å². The topological polar surface area (TPSA) is 58.4 Å². The maximum atomic E-state index is 13.3. The van der Waals surface area contributed by atoms with Crippen LogP contribution in [-0.4, -0.2) is 63.2 Å². The van der Waals surface area contributed by atoms with Crippen LogP contribution in [0, 0.1) is 0 Å². The second kappa shape index (κ2) is 9.21. The van der Waals surface area contributed by atoms with Crippen LogP contribution < -0.4 is 5.56 Å². The van der Waals surface area contributed by atoms with Gasteiger partial charge in [-0.2, -0.15) is 0 Å². The highest BCUT2D eigenvalue weighted by molar-refractivity contribution is 8.00. The van der Waals surface area contributed by atoms with Crippen LogP contribution in [-0.2, 0) is 11.3 Å². The minimum Gasteiger partial charge on any atom is -0.339 e. The first kappa shape index (κ1) is 21.5. The molecule has 1 aliphatic heterocycles. The molecule has 0 radical (unpaired) electrons. The number of hydrogen-bond donors (Lipinski definition) is 0. The number of thioether (sulfide) groups is 1. The third kappa shape index (κ3) is 4.08. The summed E-state index contributed by atoms with van der Waals surface area (Å²) in [4.78, 5) is 37.2. The van der Waals surface area contributed by atoms with Crippen molar-refractivity contribution in [3.05, 3.63) is 33.2 Å². The summed E-state index contributed by atoms with van der Waals surface area (Å²) in [5.41, 5.74) is 0.935. The van der Waals surface area contributed by atoms with E-state index in [9.17, 15) is 9.59 Å². The normalized spacial score (nSPS) is 16.3. The quantitative estimate of drug-likeness (QED) is 0.411. The van der Waals surface area contributed by atoms with E-state index in [0.29, 0.717) is 17.1 Å². The highest BCUT2D eigenvalue weighted by atomic mass is 32.2. The molecule has 30 heavy (non-hydrogen) atoms. The van der Waals surface area contributed by atoms with E-state index in [0.717, 1.165) is 48.0 Å². The highest BCUT2D eigenvalue weighted by Gasteiger charge is 2.27. The minimum absolute atomic E-state index is 0.0224. The molecule has 0 bridgehead atoms. The van der Waals surface area contributed by atoms with Gasteiger partial charge in [0.05, 0.1) is 10.6 Å². The van der Waals surface area contributed by atoms with E-state index in [1.165, 1.54) is 23.1 Å². The van der Waals surface area contributed by atoms with E-state index >= 15 is 0 Å². The van der Waals surface area contributed by atoms with E-state index in [1.54, 1.807) is 15.9 Å². The van der Waals surface area contributed by atoms with Crippen molar-refractivity contribution in [2.75, 3.05) is 32.7 Å². The van der Waals surface area contributed by atoms with E-state index < -0.39 is 0 Å². The Hall–Kier alpha value is -1.68. The molecule has 9 heteroatoms. The molecule has 3 aromatic rings. The Kier molecular flexibility index (Phi) is 6.62. The van der Waals surface area contributed by atoms with Gasteiger partial charge in [-0.1, -0.05) is 24.8 Å². The number of rotatable bonds is 6. The molecule has 0 spiro atoms. The molecule has 1 saturated heterocycles. The molecule has 0 saturated carbocycles.